The van der Waals surface area contributed by atoms with Crippen LogP contribution >= 0.6 is 0 Å². The van der Waals surface area contributed by atoms with Gasteiger partial charge in [0.05, 0.1) is 0 Å². The third-order valence-corrected chi connectivity index (χ3v) is 6.25. The highest BCUT2D eigenvalue weighted by molar-refractivity contribution is 4.88. The van der Waals surface area contributed by atoms with Crippen LogP contribution in [-0.4, -0.2) is 37.6 Å². The van der Waals surface area contributed by atoms with Gasteiger partial charge in [-0.2, -0.15) is 0 Å². The average molecular weight is 280 g/mol. The van der Waals surface area contributed by atoms with Gasteiger partial charge in [-0.1, -0.05) is 27.7 Å². The lowest BCUT2D eigenvalue weighted by Crippen LogP contribution is -2.48. The summed E-state index contributed by atoms with van der Waals surface area (Å²) in [4.78, 5) is 2.75. The molecule has 2 rings (SSSR count). The molecular weight excluding hydrogens is 244 g/mol. The van der Waals surface area contributed by atoms with Crippen LogP contribution in [0, 0.1) is 29.6 Å². The van der Waals surface area contributed by atoms with Crippen LogP contribution in [0.3, 0.4) is 0 Å². The highest BCUT2D eigenvalue weighted by Gasteiger charge is 2.33. The van der Waals surface area contributed by atoms with Crippen molar-refractivity contribution in [3.8, 4) is 0 Å². The van der Waals surface area contributed by atoms with Crippen LogP contribution in [0.1, 0.15) is 53.4 Å². The lowest BCUT2D eigenvalue weighted by molar-refractivity contribution is 0.0819. The highest BCUT2D eigenvalue weighted by Crippen LogP contribution is 2.35. The number of likely N-dealkylation sites (tertiary alicyclic amines) is 1. The van der Waals surface area contributed by atoms with E-state index in [0.29, 0.717) is 0 Å². The van der Waals surface area contributed by atoms with Gasteiger partial charge in [0.2, 0.25) is 0 Å². The van der Waals surface area contributed by atoms with E-state index >= 15 is 0 Å². The van der Waals surface area contributed by atoms with E-state index in [4.69, 9.17) is 0 Å². The monoisotopic (exact) mass is 280 g/mol. The Kier molecular flexibility index (Phi) is 5.92. The van der Waals surface area contributed by atoms with Crippen molar-refractivity contribution in [2.24, 2.45) is 29.6 Å². The first-order valence-electron chi connectivity index (χ1n) is 8.90. The van der Waals surface area contributed by atoms with Crippen LogP contribution in [0.25, 0.3) is 0 Å². The first-order valence-corrected chi connectivity index (χ1v) is 8.90. The molecule has 5 atom stereocenters. The minimum absolute atomic E-state index is 0.750. The molecule has 20 heavy (non-hydrogen) atoms. The molecule has 1 N–H and O–H groups in total. The minimum Gasteiger partial charge on any atom is -0.317 e. The molecule has 0 aromatic rings. The summed E-state index contributed by atoms with van der Waals surface area (Å²) >= 11 is 0. The Morgan fingerprint density at radius 2 is 1.85 bits per heavy atom. The Morgan fingerprint density at radius 3 is 2.45 bits per heavy atom. The van der Waals surface area contributed by atoms with Gasteiger partial charge in [0.1, 0.15) is 0 Å². The smallest absolute Gasteiger partial charge is 0.0105 e. The fraction of sp³-hybridized carbons (Fsp3) is 1.00. The van der Waals surface area contributed by atoms with E-state index in [-0.39, 0.29) is 0 Å². The van der Waals surface area contributed by atoms with E-state index in [1.165, 1.54) is 45.3 Å². The molecule has 0 bridgehead atoms. The number of hydrogen-bond donors (Lipinski definition) is 1. The minimum atomic E-state index is 0.750. The van der Waals surface area contributed by atoms with E-state index in [0.717, 1.165) is 35.6 Å². The lowest BCUT2D eigenvalue weighted by atomic mass is 9.73. The molecule has 5 unspecified atom stereocenters. The van der Waals surface area contributed by atoms with Crippen molar-refractivity contribution in [1.29, 1.82) is 0 Å². The summed E-state index contributed by atoms with van der Waals surface area (Å²) in [7, 11) is 2.16. The zero-order valence-electron chi connectivity index (χ0n) is 14.4. The van der Waals surface area contributed by atoms with Crippen LogP contribution in [0.2, 0.25) is 0 Å². The molecule has 1 saturated heterocycles. The molecule has 2 fully saturated rings. The van der Waals surface area contributed by atoms with Crippen molar-refractivity contribution < 1.29 is 0 Å². The molecule has 0 spiro atoms. The van der Waals surface area contributed by atoms with Gasteiger partial charge in [-0.05, 0) is 68.9 Å². The largest absolute Gasteiger partial charge is 0.317 e. The number of piperidine rings is 1. The predicted molar refractivity (Wildman–Crippen MR) is 87.9 cm³/mol. The van der Waals surface area contributed by atoms with Gasteiger partial charge in [0.25, 0.3) is 0 Å². The number of hydrogen-bond acceptors (Lipinski definition) is 2. The fourth-order valence-corrected chi connectivity index (χ4v) is 4.33. The summed E-state index contributed by atoms with van der Waals surface area (Å²) in [6, 6.07) is 0.750. The molecule has 0 radical (unpaired) electrons. The zero-order chi connectivity index (χ0) is 14.7. The quantitative estimate of drug-likeness (QED) is 0.846. The van der Waals surface area contributed by atoms with E-state index < -0.39 is 0 Å². The van der Waals surface area contributed by atoms with Crippen molar-refractivity contribution in [3.05, 3.63) is 0 Å². The second-order valence-electron chi connectivity index (χ2n) is 7.98. The molecule has 2 nitrogen and oxygen atoms in total. The fourth-order valence-electron chi connectivity index (χ4n) is 4.33. The average Bonchev–Trinajstić information content (AvgIpc) is 2.42. The van der Waals surface area contributed by atoms with E-state index in [1.807, 2.05) is 0 Å². The molecule has 2 heteroatoms. The van der Waals surface area contributed by atoms with Gasteiger partial charge in [0.15, 0.2) is 0 Å². The van der Waals surface area contributed by atoms with Crippen LogP contribution in [0.15, 0.2) is 0 Å². The molecule has 1 heterocycles. The van der Waals surface area contributed by atoms with Gasteiger partial charge in [-0.3, -0.25) is 0 Å². The van der Waals surface area contributed by atoms with Crippen LogP contribution in [0.4, 0.5) is 0 Å². The van der Waals surface area contributed by atoms with Gasteiger partial charge < -0.3 is 10.2 Å². The van der Waals surface area contributed by atoms with E-state index in [9.17, 15) is 0 Å². The Hall–Kier alpha value is -0.0800. The summed E-state index contributed by atoms with van der Waals surface area (Å²) in [5.41, 5.74) is 0. The second kappa shape index (κ2) is 7.26. The molecule has 2 aliphatic rings. The molecule has 0 amide bonds. The molecule has 1 saturated carbocycles. The molecule has 0 aromatic heterocycles. The molecule has 118 valence electrons. The summed E-state index contributed by atoms with van der Waals surface area (Å²) in [5, 5.41) is 3.60. The summed E-state index contributed by atoms with van der Waals surface area (Å²) in [5.74, 6) is 4.46. The predicted octanol–water partition coefficient (Wildman–Crippen LogP) is 3.62. The first kappa shape index (κ1) is 16.3. The van der Waals surface area contributed by atoms with E-state index in [2.05, 4.69) is 45.0 Å². The highest BCUT2D eigenvalue weighted by atomic mass is 15.1. The van der Waals surface area contributed by atoms with Crippen molar-refractivity contribution in [2.45, 2.75) is 59.4 Å². The van der Waals surface area contributed by atoms with Gasteiger partial charge in [-0.15, -0.1) is 0 Å². The first-order chi connectivity index (χ1) is 9.51. The Balaban J connectivity index is 1.91. The Labute approximate surface area is 126 Å². The van der Waals surface area contributed by atoms with Crippen LogP contribution < -0.4 is 5.32 Å². The SMILES string of the molecule is CNC1CCC(C(C)C)CC1CN1CCC(C)C(C)C1. The summed E-state index contributed by atoms with van der Waals surface area (Å²) < 4.78 is 0. The molecule has 1 aliphatic heterocycles. The van der Waals surface area contributed by atoms with Crippen molar-refractivity contribution >= 4 is 0 Å². The number of rotatable bonds is 4. The van der Waals surface area contributed by atoms with Crippen molar-refractivity contribution in [3.63, 3.8) is 0 Å². The standard InChI is InChI=1S/C18H36N2/c1-13(2)16-6-7-18(19-5)17(10-16)12-20-9-8-14(3)15(4)11-20/h13-19H,6-12H2,1-5H3. The maximum Gasteiger partial charge on any atom is 0.0105 e. The number of nitrogens with zero attached hydrogens (tertiary/aromatic N) is 1. The second-order valence-corrected chi connectivity index (χ2v) is 7.98. The Bertz CT molecular complexity index is 289. The summed E-state index contributed by atoms with van der Waals surface area (Å²) in [6.45, 7) is 13.6. The van der Waals surface area contributed by atoms with E-state index in [1.54, 1.807) is 0 Å². The van der Waals surface area contributed by atoms with Crippen molar-refractivity contribution in [2.75, 3.05) is 26.7 Å². The lowest BCUT2D eigenvalue weighted by Gasteiger charge is -2.43. The van der Waals surface area contributed by atoms with Crippen LogP contribution in [0.5, 0.6) is 0 Å². The van der Waals surface area contributed by atoms with Gasteiger partial charge in [0, 0.05) is 19.1 Å². The molecule has 0 aromatic carbocycles. The molecular formula is C18H36N2. The number of nitrogens with one attached hydrogen (secondary N) is 1. The maximum absolute atomic E-state index is 3.60. The van der Waals surface area contributed by atoms with Gasteiger partial charge in [-0.25, -0.2) is 0 Å². The maximum atomic E-state index is 3.60. The molecule has 1 aliphatic carbocycles. The van der Waals surface area contributed by atoms with Crippen LogP contribution in [-0.2, 0) is 0 Å². The van der Waals surface area contributed by atoms with Crippen molar-refractivity contribution in [1.82, 2.24) is 10.2 Å². The Morgan fingerprint density at radius 1 is 1.10 bits per heavy atom. The third-order valence-electron chi connectivity index (χ3n) is 6.25. The topological polar surface area (TPSA) is 15.3 Å². The van der Waals surface area contributed by atoms with Gasteiger partial charge >= 0.3 is 0 Å². The third kappa shape index (κ3) is 3.98. The normalized spacial score (nSPS) is 40.2. The summed E-state index contributed by atoms with van der Waals surface area (Å²) in [6.07, 6.45) is 5.63. The zero-order valence-corrected chi connectivity index (χ0v) is 14.4.